The molecule has 0 unspecified atom stereocenters. The summed E-state index contributed by atoms with van der Waals surface area (Å²) in [4.78, 5) is 26.7. The summed E-state index contributed by atoms with van der Waals surface area (Å²) in [5.41, 5.74) is 0.437. The summed E-state index contributed by atoms with van der Waals surface area (Å²) in [5, 5.41) is 10.0. The molecular weight excluding hydrogens is 354 g/mol. The number of Topliss-reactive ketones (excluding diaryl/α,β-unsaturated/α-hetero) is 1. The molecule has 2 rings (SSSR count). The van der Waals surface area contributed by atoms with Gasteiger partial charge in [-0.1, -0.05) is 27.5 Å². The highest BCUT2D eigenvalue weighted by Gasteiger charge is 2.22. The van der Waals surface area contributed by atoms with Crippen molar-refractivity contribution in [3.8, 4) is 10.6 Å². The molecule has 7 heteroatoms. The monoisotopic (exact) mass is 359 g/mol. The Balaban J connectivity index is 2.64. The third-order valence-corrected chi connectivity index (χ3v) is 4.42. The van der Waals surface area contributed by atoms with Gasteiger partial charge in [0.05, 0.1) is 0 Å². The van der Waals surface area contributed by atoms with Gasteiger partial charge in [-0.3, -0.25) is 4.79 Å². The van der Waals surface area contributed by atoms with Crippen LogP contribution >= 0.6 is 38.9 Å². The summed E-state index contributed by atoms with van der Waals surface area (Å²) in [6.45, 7) is 1.32. The maximum Gasteiger partial charge on any atom is 0.356 e. The highest BCUT2D eigenvalue weighted by molar-refractivity contribution is 9.10. The fourth-order valence-corrected chi connectivity index (χ4v) is 3.20. The molecule has 2 aromatic rings. The fraction of sp³-hybridized carbons (Fsp3) is 0.0833. The van der Waals surface area contributed by atoms with Gasteiger partial charge in [0, 0.05) is 22.0 Å². The van der Waals surface area contributed by atoms with Crippen molar-refractivity contribution in [3.05, 3.63) is 38.3 Å². The number of benzene rings is 1. The van der Waals surface area contributed by atoms with Crippen molar-refractivity contribution in [1.29, 1.82) is 0 Å². The van der Waals surface area contributed by atoms with Gasteiger partial charge >= 0.3 is 5.97 Å². The highest BCUT2D eigenvalue weighted by Crippen LogP contribution is 2.35. The van der Waals surface area contributed by atoms with E-state index in [0.29, 0.717) is 15.6 Å². The van der Waals surface area contributed by atoms with E-state index in [2.05, 4.69) is 20.9 Å². The number of aromatic nitrogens is 1. The Morgan fingerprint density at radius 3 is 2.63 bits per heavy atom. The number of hydrogen-bond acceptors (Lipinski definition) is 4. The molecule has 0 aliphatic heterocycles. The van der Waals surface area contributed by atoms with Crippen LogP contribution in [-0.4, -0.2) is 21.8 Å². The van der Waals surface area contributed by atoms with Crippen molar-refractivity contribution < 1.29 is 14.7 Å². The summed E-state index contributed by atoms with van der Waals surface area (Å²) < 4.78 is 0.734. The van der Waals surface area contributed by atoms with Gasteiger partial charge < -0.3 is 5.11 Å². The molecule has 19 heavy (non-hydrogen) atoms. The van der Waals surface area contributed by atoms with Crippen LogP contribution in [0.4, 0.5) is 0 Å². The molecule has 4 nitrogen and oxygen atoms in total. The zero-order chi connectivity index (χ0) is 14.2. The lowest BCUT2D eigenvalue weighted by Gasteiger charge is -2.00. The zero-order valence-corrected chi connectivity index (χ0v) is 12.8. The van der Waals surface area contributed by atoms with Crippen molar-refractivity contribution in [1.82, 2.24) is 4.98 Å². The van der Waals surface area contributed by atoms with E-state index < -0.39 is 5.97 Å². The molecule has 0 atom stereocenters. The lowest BCUT2D eigenvalue weighted by Crippen LogP contribution is -2.03. The second kappa shape index (κ2) is 5.40. The predicted molar refractivity (Wildman–Crippen MR) is 77.2 cm³/mol. The van der Waals surface area contributed by atoms with Crippen LogP contribution in [-0.2, 0) is 0 Å². The SMILES string of the molecule is CC(=O)c1sc(-c2cc(Cl)ccc2Br)nc1C(=O)O. The third kappa shape index (κ3) is 2.86. The summed E-state index contributed by atoms with van der Waals surface area (Å²) in [6.07, 6.45) is 0. The molecule has 1 aromatic heterocycles. The Morgan fingerprint density at radius 1 is 1.42 bits per heavy atom. The van der Waals surface area contributed by atoms with Crippen LogP contribution in [0.25, 0.3) is 10.6 Å². The molecule has 0 saturated heterocycles. The minimum atomic E-state index is -1.22. The van der Waals surface area contributed by atoms with Crippen LogP contribution in [0.5, 0.6) is 0 Å². The van der Waals surface area contributed by atoms with E-state index in [1.807, 2.05) is 0 Å². The first kappa shape index (κ1) is 14.2. The fourth-order valence-electron chi connectivity index (χ4n) is 1.48. The number of carboxylic acid groups (broad SMARTS) is 1. The van der Waals surface area contributed by atoms with E-state index in [1.54, 1.807) is 18.2 Å². The predicted octanol–water partition coefficient (Wildman–Crippen LogP) is 4.13. The maximum absolute atomic E-state index is 11.4. The highest BCUT2D eigenvalue weighted by atomic mass is 79.9. The Hall–Kier alpha value is -1.24. The van der Waals surface area contributed by atoms with Crippen LogP contribution in [0.15, 0.2) is 22.7 Å². The second-order valence-corrected chi connectivity index (χ2v) is 5.97. The molecule has 0 aliphatic carbocycles. The number of hydrogen-bond donors (Lipinski definition) is 1. The van der Waals surface area contributed by atoms with Gasteiger partial charge in [-0.25, -0.2) is 9.78 Å². The zero-order valence-electron chi connectivity index (χ0n) is 9.61. The summed E-state index contributed by atoms with van der Waals surface area (Å²) in [6, 6.07) is 5.11. The lowest BCUT2D eigenvalue weighted by molar-refractivity contribution is 0.0687. The molecule has 0 fully saturated rings. The maximum atomic E-state index is 11.4. The number of nitrogens with zero attached hydrogens (tertiary/aromatic N) is 1. The molecule has 0 spiro atoms. The van der Waals surface area contributed by atoms with Crippen LogP contribution in [0, 0.1) is 0 Å². The van der Waals surface area contributed by atoms with Crippen molar-refractivity contribution in [2.75, 3.05) is 0 Å². The minimum absolute atomic E-state index is 0.134. The Labute approximate surface area is 126 Å². The van der Waals surface area contributed by atoms with Crippen LogP contribution < -0.4 is 0 Å². The van der Waals surface area contributed by atoms with E-state index in [9.17, 15) is 9.59 Å². The number of thiazole rings is 1. The average molecular weight is 361 g/mol. The standard InChI is InChI=1S/C12H7BrClNO3S/c1-5(16)10-9(12(17)18)15-11(19-10)7-4-6(14)2-3-8(7)13/h2-4H,1H3,(H,17,18). The third-order valence-electron chi connectivity index (χ3n) is 2.31. The first-order valence-electron chi connectivity index (χ1n) is 5.10. The van der Waals surface area contributed by atoms with Gasteiger partial charge in [0.25, 0.3) is 0 Å². The molecule has 1 N–H and O–H groups in total. The number of ketones is 1. The minimum Gasteiger partial charge on any atom is -0.476 e. The van der Waals surface area contributed by atoms with Crippen molar-refractivity contribution in [2.24, 2.45) is 0 Å². The van der Waals surface area contributed by atoms with E-state index >= 15 is 0 Å². The van der Waals surface area contributed by atoms with Crippen LogP contribution in [0.2, 0.25) is 5.02 Å². The molecule has 98 valence electrons. The summed E-state index contributed by atoms with van der Waals surface area (Å²) in [7, 11) is 0. The Bertz CT molecular complexity index is 652. The van der Waals surface area contributed by atoms with Gasteiger partial charge in [0.1, 0.15) is 9.88 Å². The van der Waals surface area contributed by atoms with E-state index in [-0.39, 0.29) is 16.4 Å². The second-order valence-electron chi connectivity index (χ2n) is 3.68. The van der Waals surface area contributed by atoms with Crippen LogP contribution in [0.3, 0.4) is 0 Å². The number of halogens is 2. The van der Waals surface area contributed by atoms with Crippen molar-refractivity contribution in [2.45, 2.75) is 6.92 Å². The molecule has 0 radical (unpaired) electrons. The van der Waals surface area contributed by atoms with Crippen LogP contribution in [0.1, 0.15) is 27.1 Å². The normalized spacial score (nSPS) is 10.5. The topological polar surface area (TPSA) is 67.3 Å². The molecule has 0 aliphatic rings. The van der Waals surface area contributed by atoms with Crippen molar-refractivity contribution >= 4 is 50.6 Å². The van der Waals surface area contributed by atoms with E-state index in [1.165, 1.54) is 6.92 Å². The summed E-state index contributed by atoms with van der Waals surface area (Å²) >= 11 is 10.3. The smallest absolute Gasteiger partial charge is 0.356 e. The van der Waals surface area contributed by atoms with Gasteiger partial charge in [0.15, 0.2) is 11.5 Å². The molecule has 0 amide bonds. The van der Waals surface area contributed by atoms with Gasteiger partial charge in [-0.2, -0.15) is 0 Å². The van der Waals surface area contributed by atoms with E-state index in [0.717, 1.165) is 15.8 Å². The van der Waals surface area contributed by atoms with Gasteiger partial charge in [0.2, 0.25) is 0 Å². The van der Waals surface area contributed by atoms with E-state index in [4.69, 9.17) is 16.7 Å². The average Bonchev–Trinajstić information content (AvgIpc) is 2.77. The molecular formula is C12H7BrClNO3S. The number of carbonyl (C=O) groups excluding carboxylic acids is 1. The van der Waals surface area contributed by atoms with Crippen molar-refractivity contribution in [3.63, 3.8) is 0 Å². The first-order chi connectivity index (χ1) is 8.90. The molecule has 1 heterocycles. The molecule has 0 saturated carbocycles. The Morgan fingerprint density at radius 2 is 2.11 bits per heavy atom. The number of carbonyl (C=O) groups is 2. The van der Waals surface area contributed by atoms with Gasteiger partial charge in [-0.05, 0) is 18.2 Å². The Kier molecular flexibility index (Phi) is 4.03. The lowest BCUT2D eigenvalue weighted by atomic mass is 10.2. The van der Waals surface area contributed by atoms with Gasteiger partial charge in [-0.15, -0.1) is 11.3 Å². The first-order valence-corrected chi connectivity index (χ1v) is 7.09. The quantitative estimate of drug-likeness (QED) is 0.836. The molecule has 0 bridgehead atoms. The number of carboxylic acids is 1. The number of aromatic carboxylic acids is 1. The summed E-state index contributed by atoms with van der Waals surface area (Å²) in [5.74, 6) is -1.54. The largest absolute Gasteiger partial charge is 0.476 e. The number of rotatable bonds is 3. The molecule has 1 aromatic carbocycles.